The van der Waals surface area contributed by atoms with Crippen LogP contribution in [0.3, 0.4) is 0 Å². The molecule has 1 fully saturated rings. The second kappa shape index (κ2) is 6.40. The summed E-state index contributed by atoms with van der Waals surface area (Å²) in [6.45, 7) is 2.15. The third-order valence-electron chi connectivity index (χ3n) is 4.60. The summed E-state index contributed by atoms with van der Waals surface area (Å²) in [5.74, 6) is 0. The standard InChI is InChI=1S/C20H22N2S/c1-15-12-13-18-21-19(16-8-4-2-5-9-16)20(22(18)14-15)23-17-10-6-3-7-11-17/h2,4-5,8-9,12-14,17H,3,6-7,10-11H2,1H3. The minimum absolute atomic E-state index is 0.728. The van der Waals surface area contributed by atoms with Crippen LogP contribution in [0.1, 0.15) is 37.7 Å². The van der Waals surface area contributed by atoms with E-state index in [-0.39, 0.29) is 0 Å². The highest BCUT2D eigenvalue weighted by molar-refractivity contribution is 8.00. The Morgan fingerprint density at radius 2 is 1.78 bits per heavy atom. The van der Waals surface area contributed by atoms with Crippen LogP contribution in [-0.2, 0) is 0 Å². The van der Waals surface area contributed by atoms with Crippen molar-refractivity contribution < 1.29 is 0 Å². The molecule has 2 aromatic heterocycles. The van der Waals surface area contributed by atoms with Gasteiger partial charge in [0.05, 0.1) is 0 Å². The topological polar surface area (TPSA) is 17.3 Å². The van der Waals surface area contributed by atoms with Crippen LogP contribution < -0.4 is 0 Å². The van der Waals surface area contributed by atoms with Gasteiger partial charge in [0, 0.05) is 17.0 Å². The third-order valence-corrected chi connectivity index (χ3v) is 6.02. The monoisotopic (exact) mass is 322 g/mol. The van der Waals surface area contributed by atoms with Gasteiger partial charge in [0.2, 0.25) is 0 Å². The minimum Gasteiger partial charge on any atom is -0.294 e. The minimum atomic E-state index is 0.728. The van der Waals surface area contributed by atoms with Crippen molar-refractivity contribution in [2.24, 2.45) is 0 Å². The summed E-state index contributed by atoms with van der Waals surface area (Å²) in [6.07, 6.45) is 9.02. The van der Waals surface area contributed by atoms with E-state index in [0.717, 1.165) is 16.6 Å². The number of aryl methyl sites for hydroxylation is 1. The summed E-state index contributed by atoms with van der Waals surface area (Å²) in [7, 11) is 0. The van der Waals surface area contributed by atoms with Crippen LogP contribution in [-0.4, -0.2) is 14.6 Å². The molecule has 0 spiro atoms. The molecule has 1 aliphatic carbocycles. The molecule has 1 aromatic carbocycles. The van der Waals surface area contributed by atoms with Crippen molar-refractivity contribution in [3.05, 3.63) is 54.2 Å². The van der Waals surface area contributed by atoms with Gasteiger partial charge in [-0.1, -0.05) is 55.7 Å². The molecule has 2 nitrogen and oxygen atoms in total. The first-order chi connectivity index (χ1) is 11.3. The van der Waals surface area contributed by atoms with Crippen molar-refractivity contribution in [2.45, 2.75) is 49.3 Å². The molecular formula is C20H22N2S. The Hall–Kier alpha value is -1.74. The maximum absolute atomic E-state index is 4.93. The van der Waals surface area contributed by atoms with E-state index in [1.165, 1.54) is 48.3 Å². The first kappa shape index (κ1) is 14.8. The summed E-state index contributed by atoms with van der Waals surface area (Å²) in [4.78, 5) is 4.93. The number of hydrogen-bond donors (Lipinski definition) is 0. The lowest BCUT2D eigenvalue weighted by atomic mass is 10.0. The molecule has 0 atom stereocenters. The summed E-state index contributed by atoms with van der Waals surface area (Å²) < 4.78 is 2.29. The molecule has 0 unspecified atom stereocenters. The molecule has 0 saturated heterocycles. The van der Waals surface area contributed by atoms with E-state index in [4.69, 9.17) is 4.98 Å². The number of imidazole rings is 1. The summed E-state index contributed by atoms with van der Waals surface area (Å²) in [5, 5.41) is 2.04. The lowest BCUT2D eigenvalue weighted by Gasteiger charge is -2.21. The Labute approximate surface area is 141 Å². The molecule has 0 radical (unpaired) electrons. The van der Waals surface area contributed by atoms with E-state index in [2.05, 4.69) is 60.0 Å². The smallest absolute Gasteiger partial charge is 0.138 e. The number of thioether (sulfide) groups is 1. The zero-order valence-electron chi connectivity index (χ0n) is 13.5. The molecule has 4 rings (SSSR count). The number of aromatic nitrogens is 2. The first-order valence-corrected chi connectivity index (χ1v) is 9.40. The molecule has 23 heavy (non-hydrogen) atoms. The van der Waals surface area contributed by atoms with Crippen molar-refractivity contribution in [3.8, 4) is 11.3 Å². The fourth-order valence-electron chi connectivity index (χ4n) is 3.37. The average molecular weight is 322 g/mol. The lowest BCUT2D eigenvalue weighted by Crippen LogP contribution is -2.08. The quantitative estimate of drug-likeness (QED) is 0.612. The maximum atomic E-state index is 4.93. The molecule has 0 aliphatic heterocycles. The van der Waals surface area contributed by atoms with E-state index < -0.39 is 0 Å². The Bertz CT molecular complexity index is 801. The van der Waals surface area contributed by atoms with Gasteiger partial charge in [-0.3, -0.25) is 4.40 Å². The molecule has 1 aliphatic rings. The molecule has 0 amide bonds. The van der Waals surface area contributed by atoms with Crippen LogP contribution >= 0.6 is 11.8 Å². The van der Waals surface area contributed by atoms with Gasteiger partial charge in [0.1, 0.15) is 16.4 Å². The van der Waals surface area contributed by atoms with Crippen molar-refractivity contribution in [3.63, 3.8) is 0 Å². The molecular weight excluding hydrogens is 300 g/mol. The van der Waals surface area contributed by atoms with Gasteiger partial charge in [-0.2, -0.15) is 0 Å². The van der Waals surface area contributed by atoms with Crippen molar-refractivity contribution in [1.29, 1.82) is 0 Å². The van der Waals surface area contributed by atoms with Crippen LogP contribution in [0.4, 0.5) is 0 Å². The summed E-state index contributed by atoms with van der Waals surface area (Å²) in [5.41, 5.74) is 4.67. The van der Waals surface area contributed by atoms with Gasteiger partial charge in [0.25, 0.3) is 0 Å². The fourth-order valence-corrected chi connectivity index (χ4v) is 4.79. The van der Waals surface area contributed by atoms with Crippen LogP contribution in [0.25, 0.3) is 16.9 Å². The Morgan fingerprint density at radius 1 is 1.00 bits per heavy atom. The van der Waals surface area contributed by atoms with Gasteiger partial charge in [-0.05, 0) is 31.4 Å². The fraction of sp³-hybridized carbons (Fsp3) is 0.350. The van der Waals surface area contributed by atoms with Gasteiger partial charge in [-0.15, -0.1) is 11.8 Å². The van der Waals surface area contributed by atoms with E-state index in [1.54, 1.807) is 0 Å². The number of fused-ring (bicyclic) bond motifs is 1. The van der Waals surface area contributed by atoms with Crippen LogP contribution in [0.2, 0.25) is 0 Å². The molecule has 0 N–H and O–H groups in total. The second-order valence-corrected chi connectivity index (χ2v) is 7.73. The number of rotatable bonds is 3. The van der Waals surface area contributed by atoms with Gasteiger partial charge in [0.15, 0.2) is 0 Å². The molecule has 2 heterocycles. The van der Waals surface area contributed by atoms with Crippen molar-refractivity contribution in [1.82, 2.24) is 9.38 Å². The van der Waals surface area contributed by atoms with E-state index in [0.29, 0.717) is 0 Å². The van der Waals surface area contributed by atoms with Crippen molar-refractivity contribution in [2.75, 3.05) is 0 Å². The maximum Gasteiger partial charge on any atom is 0.138 e. The zero-order valence-corrected chi connectivity index (χ0v) is 14.4. The largest absolute Gasteiger partial charge is 0.294 e. The first-order valence-electron chi connectivity index (χ1n) is 8.52. The van der Waals surface area contributed by atoms with Crippen molar-refractivity contribution >= 4 is 17.4 Å². The molecule has 0 bridgehead atoms. The number of benzene rings is 1. The van der Waals surface area contributed by atoms with Crippen LogP contribution in [0, 0.1) is 6.92 Å². The highest BCUT2D eigenvalue weighted by Crippen LogP contribution is 2.39. The van der Waals surface area contributed by atoms with Crippen LogP contribution in [0.5, 0.6) is 0 Å². The highest BCUT2D eigenvalue weighted by Gasteiger charge is 2.21. The van der Waals surface area contributed by atoms with E-state index in [1.807, 2.05) is 11.8 Å². The number of nitrogens with zero attached hydrogens (tertiary/aromatic N) is 2. The number of pyridine rings is 1. The molecule has 118 valence electrons. The molecule has 3 heteroatoms. The number of hydrogen-bond acceptors (Lipinski definition) is 2. The predicted octanol–water partition coefficient (Wildman–Crippen LogP) is 5.73. The molecule has 1 saturated carbocycles. The van der Waals surface area contributed by atoms with Gasteiger partial charge in [-0.25, -0.2) is 4.98 Å². The van der Waals surface area contributed by atoms with E-state index >= 15 is 0 Å². The molecule has 3 aromatic rings. The SMILES string of the molecule is Cc1ccc2nc(-c3ccccc3)c(SC3CCCCC3)n2c1. The predicted molar refractivity (Wildman–Crippen MR) is 98.1 cm³/mol. The highest BCUT2D eigenvalue weighted by atomic mass is 32.2. The van der Waals surface area contributed by atoms with E-state index in [9.17, 15) is 0 Å². The Morgan fingerprint density at radius 3 is 2.57 bits per heavy atom. The summed E-state index contributed by atoms with van der Waals surface area (Å²) in [6, 6.07) is 14.9. The zero-order chi connectivity index (χ0) is 15.6. The summed E-state index contributed by atoms with van der Waals surface area (Å²) >= 11 is 2.03. The van der Waals surface area contributed by atoms with Gasteiger partial charge < -0.3 is 0 Å². The Kier molecular flexibility index (Phi) is 4.13. The lowest BCUT2D eigenvalue weighted by molar-refractivity contribution is 0.515. The van der Waals surface area contributed by atoms with Crippen LogP contribution in [0.15, 0.2) is 53.7 Å². The Balaban J connectivity index is 1.82. The second-order valence-electron chi connectivity index (χ2n) is 6.44. The normalized spacial score (nSPS) is 16.0. The van der Waals surface area contributed by atoms with Gasteiger partial charge >= 0.3 is 0 Å². The average Bonchev–Trinajstić information content (AvgIpc) is 2.95. The third kappa shape index (κ3) is 3.02.